The standard InChI is InChI=1S/C43H34F2N6O4/c1-23-15-28(17-32-24(2)49-50-40(23)32)42(52)47-29-10-12-37-36(20-29)48-39(51(37)22-30-13-14-53-30)19-27-9-8-26(18-34(27)44)31-5-4-6-38-41(31)55-43(3,54-38)33-11-7-25(21-46)16-35(33)45/h4-12,15-18,20,30H,13-14,19,22H2,1-3H3,(H,47,52)(H,49,50). The quantitative estimate of drug-likeness (QED) is 0.160. The molecule has 0 saturated carbocycles. The predicted molar refractivity (Wildman–Crippen MR) is 202 cm³/mol. The zero-order chi connectivity index (χ0) is 38.0. The Labute approximate surface area is 314 Å². The van der Waals surface area contributed by atoms with E-state index in [9.17, 15) is 10.1 Å². The van der Waals surface area contributed by atoms with Gasteiger partial charge in [0.1, 0.15) is 17.5 Å². The molecule has 12 heteroatoms. The third kappa shape index (κ3) is 6.03. The fraction of sp³-hybridized carbons (Fsp3) is 0.209. The van der Waals surface area contributed by atoms with Gasteiger partial charge in [0, 0.05) is 47.8 Å². The summed E-state index contributed by atoms with van der Waals surface area (Å²) in [4.78, 5) is 18.3. The molecule has 7 aromatic rings. The summed E-state index contributed by atoms with van der Waals surface area (Å²) in [5.74, 6) is -1.39. The zero-order valence-electron chi connectivity index (χ0n) is 30.2. The van der Waals surface area contributed by atoms with Crippen molar-refractivity contribution in [2.45, 2.75) is 52.0 Å². The summed E-state index contributed by atoms with van der Waals surface area (Å²) in [5.41, 5.74) is 7.16. The summed E-state index contributed by atoms with van der Waals surface area (Å²) >= 11 is 0. The highest BCUT2D eigenvalue weighted by molar-refractivity contribution is 6.07. The molecule has 2 aliphatic heterocycles. The molecular formula is C43H34F2N6O4. The van der Waals surface area contributed by atoms with Gasteiger partial charge in [0.05, 0.1) is 46.4 Å². The second kappa shape index (κ2) is 13.1. The van der Waals surface area contributed by atoms with Gasteiger partial charge in [-0.15, -0.1) is 0 Å². The number of aromatic amines is 1. The minimum Gasteiger partial charge on any atom is -0.444 e. The van der Waals surface area contributed by atoms with Gasteiger partial charge in [-0.25, -0.2) is 13.8 Å². The van der Waals surface area contributed by atoms with Gasteiger partial charge in [-0.3, -0.25) is 9.89 Å². The highest BCUT2D eigenvalue weighted by atomic mass is 19.1. The fourth-order valence-electron chi connectivity index (χ4n) is 7.42. The van der Waals surface area contributed by atoms with Crippen molar-refractivity contribution >= 4 is 33.5 Å². The average Bonchev–Trinajstić information content (AvgIpc) is 3.82. The van der Waals surface area contributed by atoms with E-state index in [1.165, 1.54) is 18.2 Å². The summed E-state index contributed by atoms with van der Waals surface area (Å²) in [6.07, 6.45) is 1.15. The number of fused-ring (bicyclic) bond motifs is 3. The molecule has 10 nitrogen and oxygen atoms in total. The van der Waals surface area contributed by atoms with Gasteiger partial charge in [0.2, 0.25) is 0 Å². The number of nitrogens with zero attached hydrogens (tertiary/aromatic N) is 4. The number of anilines is 1. The van der Waals surface area contributed by atoms with Crippen molar-refractivity contribution in [2.75, 3.05) is 11.9 Å². The molecule has 274 valence electrons. The second-order valence-corrected chi connectivity index (χ2v) is 14.2. The van der Waals surface area contributed by atoms with Crippen molar-refractivity contribution in [1.82, 2.24) is 19.7 Å². The first-order valence-electron chi connectivity index (χ1n) is 17.9. The number of rotatable bonds is 8. The van der Waals surface area contributed by atoms with Crippen LogP contribution in [0.15, 0.2) is 84.9 Å². The lowest BCUT2D eigenvalue weighted by Gasteiger charge is -2.27. The Morgan fingerprint density at radius 3 is 2.65 bits per heavy atom. The Balaban J connectivity index is 0.990. The van der Waals surface area contributed by atoms with E-state index in [0.29, 0.717) is 63.9 Å². The molecule has 2 unspecified atom stereocenters. The van der Waals surface area contributed by atoms with E-state index < -0.39 is 17.4 Å². The minimum absolute atomic E-state index is 0.0260. The van der Waals surface area contributed by atoms with Crippen molar-refractivity contribution in [1.29, 1.82) is 5.26 Å². The molecule has 0 bridgehead atoms. The molecule has 0 aliphatic carbocycles. The summed E-state index contributed by atoms with van der Waals surface area (Å²) in [6.45, 7) is 6.71. The lowest BCUT2D eigenvalue weighted by Crippen LogP contribution is -2.32. The van der Waals surface area contributed by atoms with Gasteiger partial charge in [0.15, 0.2) is 11.5 Å². The van der Waals surface area contributed by atoms with Crippen molar-refractivity contribution < 1.29 is 27.8 Å². The summed E-state index contributed by atoms with van der Waals surface area (Å²) < 4.78 is 51.3. The van der Waals surface area contributed by atoms with Crippen LogP contribution in [0.4, 0.5) is 14.5 Å². The first-order valence-corrected chi connectivity index (χ1v) is 17.9. The smallest absolute Gasteiger partial charge is 0.278 e. The van der Waals surface area contributed by atoms with Crippen molar-refractivity contribution in [3.63, 3.8) is 0 Å². The van der Waals surface area contributed by atoms with Gasteiger partial charge in [0.25, 0.3) is 11.7 Å². The molecule has 55 heavy (non-hydrogen) atoms. The molecule has 2 aromatic heterocycles. The van der Waals surface area contributed by atoms with Crippen LogP contribution in [-0.2, 0) is 23.5 Å². The SMILES string of the molecule is Cc1[nH]nc2c(C)cc(C(=O)Nc3ccc4c(c3)nc(Cc3ccc(-c5cccc6c5OC(C)(c5ccc(C#N)cc5F)O6)cc3F)n4CC3CCO3)cc12. The maximum atomic E-state index is 16.1. The van der Waals surface area contributed by atoms with Crippen molar-refractivity contribution in [2.24, 2.45) is 0 Å². The molecule has 1 fully saturated rings. The molecule has 1 amide bonds. The molecule has 2 atom stereocenters. The highest BCUT2D eigenvalue weighted by Gasteiger charge is 2.42. The van der Waals surface area contributed by atoms with Crippen LogP contribution in [0.2, 0.25) is 0 Å². The van der Waals surface area contributed by atoms with Gasteiger partial charge in [-0.2, -0.15) is 10.4 Å². The van der Waals surface area contributed by atoms with Crippen LogP contribution in [-0.4, -0.2) is 38.4 Å². The van der Waals surface area contributed by atoms with Crippen molar-refractivity contribution in [3.05, 3.63) is 136 Å². The molecule has 1 saturated heterocycles. The summed E-state index contributed by atoms with van der Waals surface area (Å²) in [7, 11) is 0. The molecule has 9 rings (SSSR count). The topological polar surface area (TPSA) is 127 Å². The van der Waals surface area contributed by atoms with E-state index in [1.54, 1.807) is 31.2 Å². The van der Waals surface area contributed by atoms with Crippen LogP contribution >= 0.6 is 0 Å². The normalized spacial score (nSPS) is 17.3. The van der Waals surface area contributed by atoms with E-state index in [0.717, 1.165) is 40.2 Å². The largest absolute Gasteiger partial charge is 0.444 e. The number of nitrogens with one attached hydrogen (secondary N) is 2. The van der Waals surface area contributed by atoms with E-state index in [-0.39, 0.29) is 29.6 Å². The van der Waals surface area contributed by atoms with E-state index in [2.05, 4.69) is 20.1 Å². The molecular weight excluding hydrogens is 703 g/mol. The molecule has 2 N–H and O–H groups in total. The first-order chi connectivity index (χ1) is 26.6. The lowest BCUT2D eigenvalue weighted by molar-refractivity contribution is -0.0705. The zero-order valence-corrected chi connectivity index (χ0v) is 30.2. The number of H-pyrrole nitrogens is 1. The third-order valence-corrected chi connectivity index (χ3v) is 10.4. The predicted octanol–water partition coefficient (Wildman–Crippen LogP) is 8.62. The number of nitriles is 1. The Morgan fingerprint density at radius 2 is 1.89 bits per heavy atom. The number of ether oxygens (including phenoxy) is 3. The number of hydrogen-bond acceptors (Lipinski definition) is 7. The third-order valence-electron chi connectivity index (χ3n) is 10.4. The molecule has 2 aliphatic rings. The number of hydrogen-bond donors (Lipinski definition) is 2. The van der Waals surface area contributed by atoms with Gasteiger partial charge < -0.3 is 24.1 Å². The lowest BCUT2D eigenvalue weighted by atomic mass is 10.0. The van der Waals surface area contributed by atoms with Crippen LogP contribution in [0.3, 0.4) is 0 Å². The first kappa shape index (κ1) is 34.2. The number of carbonyl (C=O) groups is 1. The molecule has 0 spiro atoms. The number of aromatic nitrogens is 4. The van der Waals surface area contributed by atoms with E-state index in [4.69, 9.17) is 19.2 Å². The maximum absolute atomic E-state index is 16.1. The van der Waals surface area contributed by atoms with Crippen LogP contribution in [0, 0.1) is 36.8 Å². The summed E-state index contributed by atoms with van der Waals surface area (Å²) in [6, 6.07) is 25.6. The fourth-order valence-corrected chi connectivity index (χ4v) is 7.42. The van der Waals surface area contributed by atoms with Crippen LogP contribution in [0.1, 0.15) is 57.5 Å². The number of amides is 1. The van der Waals surface area contributed by atoms with E-state index >= 15 is 8.78 Å². The Kier molecular flexibility index (Phi) is 8.13. The minimum atomic E-state index is -1.49. The van der Waals surface area contributed by atoms with Gasteiger partial charge in [-0.05, 0) is 97.6 Å². The maximum Gasteiger partial charge on any atom is 0.278 e. The van der Waals surface area contributed by atoms with Crippen LogP contribution in [0.25, 0.3) is 33.1 Å². The Morgan fingerprint density at radius 1 is 1.04 bits per heavy atom. The Hall–Kier alpha value is -6.58. The molecule has 5 aromatic carbocycles. The second-order valence-electron chi connectivity index (χ2n) is 14.2. The Bertz CT molecular complexity index is 2750. The number of imidazole rings is 1. The molecule has 4 heterocycles. The summed E-state index contributed by atoms with van der Waals surface area (Å²) in [5, 5.41) is 20.4. The van der Waals surface area contributed by atoms with Gasteiger partial charge in [-0.1, -0.05) is 24.3 Å². The van der Waals surface area contributed by atoms with E-state index in [1.807, 2.05) is 56.3 Å². The number of aryl methyl sites for hydroxylation is 2. The monoisotopic (exact) mass is 736 g/mol. The van der Waals surface area contributed by atoms with Crippen molar-refractivity contribution in [3.8, 4) is 28.7 Å². The number of halogens is 2. The number of carbonyl (C=O) groups excluding carboxylic acids is 1. The average molecular weight is 737 g/mol. The highest BCUT2D eigenvalue weighted by Crippen LogP contribution is 2.49. The van der Waals surface area contributed by atoms with Crippen LogP contribution in [0.5, 0.6) is 11.5 Å². The van der Waals surface area contributed by atoms with Gasteiger partial charge >= 0.3 is 0 Å². The number of benzene rings is 5. The number of para-hydroxylation sites is 1. The molecule has 0 radical (unpaired) electrons. The van der Waals surface area contributed by atoms with Crippen LogP contribution < -0.4 is 14.8 Å².